The predicted molar refractivity (Wildman–Crippen MR) is 140 cm³/mol. The van der Waals surface area contributed by atoms with Gasteiger partial charge in [0, 0.05) is 80.6 Å². The number of hydrogen-bond donors (Lipinski definition) is 1. The van der Waals surface area contributed by atoms with Crippen LogP contribution in [0.2, 0.25) is 0 Å². The first-order valence-electron chi connectivity index (χ1n) is 13.2. The van der Waals surface area contributed by atoms with Crippen LogP contribution >= 0.6 is 0 Å². The normalized spacial score (nSPS) is 20.4. The quantitative estimate of drug-likeness (QED) is 0.490. The molecule has 2 saturated heterocycles. The maximum atomic E-state index is 15.7. The first kappa shape index (κ1) is 25.3. The lowest BCUT2D eigenvalue weighted by molar-refractivity contribution is -0.136. The van der Waals surface area contributed by atoms with Gasteiger partial charge in [0.05, 0.1) is 12.6 Å². The fourth-order valence-corrected chi connectivity index (χ4v) is 5.88. The number of piperazine rings is 1. The Hall–Kier alpha value is -4.02. The van der Waals surface area contributed by atoms with Crippen LogP contribution in [-0.4, -0.2) is 74.6 Å². The van der Waals surface area contributed by atoms with Crippen LogP contribution in [0, 0.1) is 5.82 Å². The number of rotatable bonds is 6. The summed E-state index contributed by atoms with van der Waals surface area (Å²) in [6, 6.07) is 10.7. The van der Waals surface area contributed by atoms with Gasteiger partial charge in [-0.15, -0.1) is 0 Å². The zero-order valence-electron chi connectivity index (χ0n) is 21.4. The molecule has 10 heteroatoms. The molecule has 1 unspecified atom stereocenters. The third-order valence-corrected chi connectivity index (χ3v) is 7.90. The van der Waals surface area contributed by atoms with Crippen molar-refractivity contribution in [2.75, 3.05) is 26.2 Å². The van der Waals surface area contributed by atoms with Gasteiger partial charge in [-0.25, -0.2) is 4.39 Å². The SMILES string of the molecule is O=C1CCC(N2Cc3c(ccc(CN4CCN(C(c5cccnc5)c5cccnc5)CC4)c3F)C2=O)C(=O)N1. The largest absolute Gasteiger partial charge is 0.322 e. The Balaban J connectivity index is 1.14. The van der Waals surface area contributed by atoms with Gasteiger partial charge in [0.25, 0.3) is 5.91 Å². The molecule has 1 N–H and O–H groups in total. The number of carbonyl (C=O) groups is 3. The highest BCUT2D eigenvalue weighted by Crippen LogP contribution is 2.32. The van der Waals surface area contributed by atoms with E-state index in [1.807, 2.05) is 24.5 Å². The molecule has 0 spiro atoms. The maximum absolute atomic E-state index is 15.7. The van der Waals surface area contributed by atoms with Crippen molar-refractivity contribution in [3.05, 3.63) is 94.8 Å². The molecule has 9 nitrogen and oxygen atoms in total. The standard InChI is InChI=1S/C29H29FN6O3/c30-26-21(5-6-22-23(26)18-36(29(22)39)24-7-8-25(37)33-28(24)38)17-34-11-13-35(14-12-34)27(19-3-1-9-31-15-19)20-4-2-10-32-16-20/h1-6,9-10,15-16,24,27H,7-8,11-14,17-18H2,(H,33,37,38). The molecule has 0 radical (unpaired) electrons. The van der Waals surface area contributed by atoms with Gasteiger partial charge >= 0.3 is 0 Å². The molecule has 6 rings (SSSR count). The highest BCUT2D eigenvalue weighted by Gasteiger charge is 2.40. The lowest BCUT2D eigenvalue weighted by Gasteiger charge is -2.39. The average molecular weight is 529 g/mol. The van der Waals surface area contributed by atoms with E-state index in [2.05, 4.69) is 37.2 Å². The second-order valence-corrected chi connectivity index (χ2v) is 10.3. The van der Waals surface area contributed by atoms with Crippen LogP contribution < -0.4 is 5.32 Å². The Kier molecular flexibility index (Phi) is 6.88. The van der Waals surface area contributed by atoms with E-state index in [-0.39, 0.29) is 43.1 Å². The molecule has 3 amide bonds. The molecule has 1 atom stereocenters. The monoisotopic (exact) mass is 528 g/mol. The summed E-state index contributed by atoms with van der Waals surface area (Å²) in [6.45, 7) is 3.57. The van der Waals surface area contributed by atoms with Crippen molar-refractivity contribution in [3.8, 4) is 0 Å². The molecule has 5 heterocycles. The average Bonchev–Trinajstić information content (AvgIpc) is 3.29. The van der Waals surface area contributed by atoms with Crippen molar-refractivity contribution in [1.82, 2.24) is 30.0 Å². The van der Waals surface area contributed by atoms with Crippen LogP contribution in [0.1, 0.15) is 51.5 Å². The van der Waals surface area contributed by atoms with Crippen molar-refractivity contribution in [1.29, 1.82) is 0 Å². The molecule has 2 aromatic heterocycles. The third kappa shape index (κ3) is 4.93. The number of imide groups is 1. The number of halogens is 1. The zero-order valence-corrected chi connectivity index (χ0v) is 21.4. The van der Waals surface area contributed by atoms with E-state index in [9.17, 15) is 14.4 Å². The van der Waals surface area contributed by atoms with Crippen molar-refractivity contribution in [2.45, 2.75) is 38.0 Å². The molecular formula is C29H29FN6O3. The summed E-state index contributed by atoms with van der Waals surface area (Å²) in [5.74, 6) is -1.60. The van der Waals surface area contributed by atoms with E-state index >= 15 is 4.39 Å². The number of pyridine rings is 2. The van der Waals surface area contributed by atoms with E-state index in [0.29, 0.717) is 23.2 Å². The summed E-state index contributed by atoms with van der Waals surface area (Å²) in [7, 11) is 0. The molecule has 2 fully saturated rings. The number of benzene rings is 1. The van der Waals surface area contributed by atoms with Gasteiger partial charge in [0.2, 0.25) is 11.8 Å². The maximum Gasteiger partial charge on any atom is 0.255 e. The number of hydrogen-bond acceptors (Lipinski definition) is 7. The van der Waals surface area contributed by atoms with Gasteiger partial charge in [-0.1, -0.05) is 18.2 Å². The summed E-state index contributed by atoms with van der Waals surface area (Å²) >= 11 is 0. The summed E-state index contributed by atoms with van der Waals surface area (Å²) in [5, 5.41) is 2.28. The predicted octanol–water partition coefficient (Wildman–Crippen LogP) is 2.28. The summed E-state index contributed by atoms with van der Waals surface area (Å²) in [6.07, 6.45) is 7.74. The highest BCUT2D eigenvalue weighted by atomic mass is 19.1. The molecule has 0 saturated carbocycles. The number of nitrogens with one attached hydrogen (secondary N) is 1. The topological polar surface area (TPSA) is 98.7 Å². The Morgan fingerprint density at radius 1 is 0.949 bits per heavy atom. The van der Waals surface area contributed by atoms with Gasteiger partial charge < -0.3 is 4.90 Å². The molecule has 39 heavy (non-hydrogen) atoms. The number of aromatic nitrogens is 2. The minimum absolute atomic E-state index is 0.0335. The van der Waals surface area contributed by atoms with E-state index in [1.54, 1.807) is 24.5 Å². The number of carbonyl (C=O) groups excluding carboxylic acids is 3. The zero-order chi connectivity index (χ0) is 26.9. The number of amides is 3. The number of piperidine rings is 1. The number of fused-ring (bicyclic) bond motifs is 1. The van der Waals surface area contributed by atoms with E-state index in [4.69, 9.17) is 0 Å². The van der Waals surface area contributed by atoms with Gasteiger partial charge in [0.1, 0.15) is 11.9 Å². The second kappa shape index (κ2) is 10.6. The minimum Gasteiger partial charge on any atom is -0.322 e. The van der Waals surface area contributed by atoms with Crippen LogP contribution in [-0.2, 0) is 22.7 Å². The third-order valence-electron chi connectivity index (χ3n) is 7.90. The molecule has 1 aromatic carbocycles. The first-order chi connectivity index (χ1) is 19.0. The van der Waals surface area contributed by atoms with Crippen LogP contribution in [0.4, 0.5) is 4.39 Å². The van der Waals surface area contributed by atoms with Crippen LogP contribution in [0.15, 0.2) is 61.2 Å². The molecule has 0 bridgehead atoms. The first-order valence-corrected chi connectivity index (χ1v) is 13.2. The van der Waals surface area contributed by atoms with Crippen LogP contribution in [0.25, 0.3) is 0 Å². The molecule has 3 aromatic rings. The van der Waals surface area contributed by atoms with Crippen LogP contribution in [0.5, 0.6) is 0 Å². The molecule has 3 aliphatic rings. The van der Waals surface area contributed by atoms with Gasteiger partial charge in [0.15, 0.2) is 0 Å². The Labute approximate surface area is 225 Å². The smallest absolute Gasteiger partial charge is 0.255 e. The highest BCUT2D eigenvalue weighted by molar-refractivity contribution is 6.05. The lowest BCUT2D eigenvalue weighted by Crippen LogP contribution is -2.52. The number of nitrogens with zero attached hydrogens (tertiary/aromatic N) is 5. The fourth-order valence-electron chi connectivity index (χ4n) is 5.88. The Bertz CT molecular complexity index is 1360. The van der Waals surface area contributed by atoms with Gasteiger partial charge in [-0.3, -0.25) is 39.5 Å². The van der Waals surface area contributed by atoms with E-state index < -0.39 is 11.9 Å². The molecule has 200 valence electrons. The van der Waals surface area contributed by atoms with E-state index in [1.165, 1.54) is 4.90 Å². The van der Waals surface area contributed by atoms with Crippen molar-refractivity contribution >= 4 is 17.7 Å². The Morgan fingerprint density at radius 2 is 1.64 bits per heavy atom. The Morgan fingerprint density at radius 3 is 2.26 bits per heavy atom. The van der Waals surface area contributed by atoms with Crippen molar-refractivity contribution < 1.29 is 18.8 Å². The van der Waals surface area contributed by atoms with Crippen molar-refractivity contribution in [3.63, 3.8) is 0 Å². The minimum atomic E-state index is -0.758. The van der Waals surface area contributed by atoms with Gasteiger partial charge in [-0.2, -0.15) is 0 Å². The van der Waals surface area contributed by atoms with E-state index in [0.717, 1.165) is 37.3 Å². The second-order valence-electron chi connectivity index (χ2n) is 10.3. The molecule has 0 aliphatic carbocycles. The van der Waals surface area contributed by atoms with Crippen molar-refractivity contribution in [2.24, 2.45) is 0 Å². The summed E-state index contributed by atoms with van der Waals surface area (Å²) in [4.78, 5) is 51.5. The van der Waals surface area contributed by atoms with Crippen LogP contribution in [0.3, 0.4) is 0 Å². The summed E-state index contributed by atoms with van der Waals surface area (Å²) < 4.78 is 15.7. The van der Waals surface area contributed by atoms with Gasteiger partial charge in [-0.05, 0) is 35.7 Å². The molecule has 3 aliphatic heterocycles. The lowest BCUT2D eigenvalue weighted by atomic mass is 9.99. The fraction of sp³-hybridized carbons (Fsp3) is 0.345. The molecular weight excluding hydrogens is 499 g/mol. The summed E-state index contributed by atoms with van der Waals surface area (Å²) in [5.41, 5.74) is 3.37.